The molecule has 0 atom stereocenters. The molecule has 1 aromatic carbocycles. The minimum absolute atomic E-state index is 0.0239. The number of esters is 1. The van der Waals surface area contributed by atoms with Crippen molar-refractivity contribution in [1.82, 2.24) is 0 Å². The minimum Gasteiger partial charge on any atom is -0.505 e. The number of hydrogen-bond acceptors (Lipinski definition) is 5. The molecule has 1 aromatic rings. The number of anilines is 1. The van der Waals surface area contributed by atoms with Crippen LogP contribution in [0, 0.1) is 6.92 Å². The first-order valence-corrected chi connectivity index (χ1v) is 6.06. The molecule has 20 heavy (non-hydrogen) atoms. The van der Waals surface area contributed by atoms with Gasteiger partial charge in [-0.3, -0.25) is 5.32 Å². The SMILES string of the molecule is COC(=O)c1ccc(C)c(NC(=O)OC(C)(C)C)c1O. The van der Waals surface area contributed by atoms with Crippen LogP contribution >= 0.6 is 0 Å². The van der Waals surface area contributed by atoms with Crippen LogP contribution in [-0.4, -0.2) is 29.9 Å². The predicted molar refractivity (Wildman–Crippen MR) is 74.0 cm³/mol. The van der Waals surface area contributed by atoms with Crippen LogP contribution in [0.5, 0.6) is 5.75 Å². The number of hydrogen-bond donors (Lipinski definition) is 2. The van der Waals surface area contributed by atoms with E-state index in [0.29, 0.717) is 5.56 Å². The van der Waals surface area contributed by atoms with Crippen molar-refractivity contribution >= 4 is 17.7 Å². The Morgan fingerprint density at radius 1 is 1.25 bits per heavy atom. The Labute approximate surface area is 117 Å². The average Bonchev–Trinajstić information content (AvgIpc) is 2.31. The molecular formula is C14H19NO5. The summed E-state index contributed by atoms with van der Waals surface area (Å²) in [6.45, 7) is 6.87. The van der Waals surface area contributed by atoms with E-state index in [1.165, 1.54) is 13.2 Å². The first-order chi connectivity index (χ1) is 9.15. The molecule has 0 aromatic heterocycles. The third-order valence-electron chi connectivity index (χ3n) is 2.42. The Hall–Kier alpha value is -2.24. The van der Waals surface area contributed by atoms with E-state index in [9.17, 15) is 14.7 Å². The van der Waals surface area contributed by atoms with Crippen LogP contribution in [0.25, 0.3) is 0 Å². The van der Waals surface area contributed by atoms with E-state index in [0.717, 1.165) is 0 Å². The molecule has 0 aliphatic heterocycles. The Morgan fingerprint density at radius 3 is 2.35 bits per heavy atom. The van der Waals surface area contributed by atoms with E-state index in [-0.39, 0.29) is 17.0 Å². The topological polar surface area (TPSA) is 84.9 Å². The highest BCUT2D eigenvalue weighted by molar-refractivity contribution is 5.97. The summed E-state index contributed by atoms with van der Waals surface area (Å²) in [6, 6.07) is 3.02. The number of carbonyl (C=O) groups excluding carboxylic acids is 2. The smallest absolute Gasteiger partial charge is 0.412 e. The van der Waals surface area contributed by atoms with Crippen LogP contribution in [0.4, 0.5) is 10.5 Å². The van der Waals surface area contributed by atoms with Crippen LogP contribution in [-0.2, 0) is 9.47 Å². The first kappa shape index (κ1) is 15.8. The summed E-state index contributed by atoms with van der Waals surface area (Å²) in [5.74, 6) is -1.03. The number of methoxy groups -OCH3 is 1. The highest BCUT2D eigenvalue weighted by Gasteiger charge is 2.21. The summed E-state index contributed by atoms with van der Waals surface area (Å²) in [4.78, 5) is 23.2. The zero-order valence-electron chi connectivity index (χ0n) is 12.2. The fourth-order valence-corrected chi connectivity index (χ4v) is 1.53. The quantitative estimate of drug-likeness (QED) is 0.643. The number of phenolic OH excluding ortho intramolecular Hbond substituents is 1. The Kier molecular flexibility index (Phi) is 4.60. The van der Waals surface area contributed by atoms with Gasteiger partial charge in [-0.25, -0.2) is 9.59 Å². The molecule has 6 nitrogen and oxygen atoms in total. The fraction of sp³-hybridized carbons (Fsp3) is 0.429. The molecule has 1 rings (SSSR count). The third kappa shape index (κ3) is 3.88. The minimum atomic E-state index is -0.710. The van der Waals surface area contributed by atoms with E-state index in [1.807, 2.05) is 0 Å². The second-order valence-corrected chi connectivity index (χ2v) is 5.27. The number of carbonyl (C=O) groups is 2. The third-order valence-corrected chi connectivity index (χ3v) is 2.42. The van der Waals surface area contributed by atoms with Gasteiger partial charge in [0.05, 0.1) is 12.8 Å². The Bertz CT molecular complexity index is 531. The van der Waals surface area contributed by atoms with Crippen LogP contribution < -0.4 is 5.32 Å². The van der Waals surface area contributed by atoms with Crippen molar-refractivity contribution in [3.63, 3.8) is 0 Å². The number of amides is 1. The number of phenols is 1. The zero-order valence-corrected chi connectivity index (χ0v) is 12.2. The van der Waals surface area contributed by atoms with E-state index < -0.39 is 17.7 Å². The van der Waals surface area contributed by atoms with Gasteiger partial charge in [0.25, 0.3) is 0 Å². The van der Waals surface area contributed by atoms with Gasteiger partial charge >= 0.3 is 12.1 Å². The molecule has 1 amide bonds. The van der Waals surface area contributed by atoms with Gasteiger partial charge in [-0.1, -0.05) is 6.07 Å². The highest BCUT2D eigenvalue weighted by atomic mass is 16.6. The van der Waals surface area contributed by atoms with Crippen molar-refractivity contribution in [2.45, 2.75) is 33.3 Å². The summed E-state index contributed by atoms with van der Waals surface area (Å²) in [7, 11) is 1.21. The van der Waals surface area contributed by atoms with Crippen LogP contribution in [0.2, 0.25) is 0 Å². The van der Waals surface area contributed by atoms with Crippen molar-refractivity contribution in [3.05, 3.63) is 23.3 Å². The summed E-state index contributed by atoms with van der Waals surface area (Å²) in [5.41, 5.74) is 0.0421. The molecule has 0 fully saturated rings. The van der Waals surface area contributed by atoms with Gasteiger partial charge in [-0.05, 0) is 39.3 Å². The highest BCUT2D eigenvalue weighted by Crippen LogP contribution is 2.32. The van der Waals surface area contributed by atoms with Gasteiger partial charge in [0.2, 0.25) is 0 Å². The van der Waals surface area contributed by atoms with Gasteiger partial charge in [0.15, 0.2) is 5.75 Å². The number of aromatic hydroxyl groups is 1. The lowest BCUT2D eigenvalue weighted by molar-refractivity contribution is 0.0592. The molecule has 0 unspecified atom stereocenters. The number of nitrogens with one attached hydrogen (secondary N) is 1. The second kappa shape index (κ2) is 5.81. The van der Waals surface area contributed by atoms with Gasteiger partial charge in [-0.2, -0.15) is 0 Å². The van der Waals surface area contributed by atoms with Gasteiger partial charge in [0.1, 0.15) is 11.2 Å². The van der Waals surface area contributed by atoms with Crippen LogP contribution in [0.1, 0.15) is 36.7 Å². The van der Waals surface area contributed by atoms with E-state index >= 15 is 0 Å². The number of ether oxygens (including phenoxy) is 2. The lowest BCUT2D eigenvalue weighted by Gasteiger charge is -2.20. The molecule has 0 spiro atoms. The molecule has 0 saturated heterocycles. The summed E-state index contributed by atoms with van der Waals surface area (Å²) >= 11 is 0. The largest absolute Gasteiger partial charge is 0.505 e. The van der Waals surface area contributed by atoms with Gasteiger partial charge in [-0.15, -0.1) is 0 Å². The number of benzene rings is 1. The molecular weight excluding hydrogens is 262 g/mol. The van der Waals surface area contributed by atoms with E-state index in [2.05, 4.69) is 10.1 Å². The molecule has 0 aliphatic carbocycles. The fourth-order valence-electron chi connectivity index (χ4n) is 1.53. The molecule has 0 saturated carbocycles. The number of rotatable bonds is 2. The normalized spacial score (nSPS) is 10.8. The summed E-state index contributed by atoms with van der Waals surface area (Å²) in [6.07, 6.45) is -0.710. The monoisotopic (exact) mass is 281 g/mol. The Balaban J connectivity index is 3.06. The van der Waals surface area contributed by atoms with Crippen LogP contribution in [0.15, 0.2) is 12.1 Å². The summed E-state index contributed by atoms with van der Waals surface area (Å²) in [5, 5.41) is 12.5. The zero-order chi connectivity index (χ0) is 15.5. The first-order valence-electron chi connectivity index (χ1n) is 6.06. The van der Waals surface area contributed by atoms with Gasteiger partial charge < -0.3 is 14.6 Å². The molecule has 2 N–H and O–H groups in total. The number of aryl methyl sites for hydroxylation is 1. The molecule has 0 heterocycles. The molecule has 0 aliphatic rings. The standard InChI is InChI=1S/C14H19NO5/c1-8-6-7-9(12(17)19-5)11(16)10(8)15-13(18)20-14(2,3)4/h6-7,16H,1-5H3,(H,15,18). The lowest BCUT2D eigenvalue weighted by atomic mass is 10.1. The van der Waals surface area contributed by atoms with Crippen molar-refractivity contribution in [2.75, 3.05) is 12.4 Å². The molecule has 0 radical (unpaired) electrons. The Morgan fingerprint density at radius 2 is 1.85 bits per heavy atom. The van der Waals surface area contributed by atoms with E-state index in [1.54, 1.807) is 33.8 Å². The molecule has 0 bridgehead atoms. The lowest BCUT2D eigenvalue weighted by Crippen LogP contribution is -2.27. The second-order valence-electron chi connectivity index (χ2n) is 5.27. The van der Waals surface area contributed by atoms with E-state index in [4.69, 9.17) is 4.74 Å². The van der Waals surface area contributed by atoms with Crippen molar-refractivity contribution in [2.24, 2.45) is 0 Å². The van der Waals surface area contributed by atoms with Gasteiger partial charge in [0, 0.05) is 0 Å². The predicted octanol–water partition coefficient (Wildman–Crippen LogP) is 2.83. The molecule has 6 heteroatoms. The average molecular weight is 281 g/mol. The van der Waals surface area contributed by atoms with Crippen molar-refractivity contribution < 1.29 is 24.2 Å². The summed E-state index contributed by atoms with van der Waals surface area (Å²) < 4.78 is 9.66. The maximum Gasteiger partial charge on any atom is 0.412 e. The van der Waals surface area contributed by atoms with Crippen molar-refractivity contribution in [1.29, 1.82) is 0 Å². The van der Waals surface area contributed by atoms with Crippen LogP contribution in [0.3, 0.4) is 0 Å². The van der Waals surface area contributed by atoms with Crippen molar-refractivity contribution in [3.8, 4) is 5.75 Å². The molecule has 110 valence electrons. The maximum absolute atomic E-state index is 11.7. The maximum atomic E-state index is 11.7.